The zero-order valence-corrected chi connectivity index (χ0v) is 20.8. The fraction of sp³-hybridized carbons (Fsp3) is 0.0370. The number of rotatable bonds is 4. The summed E-state index contributed by atoms with van der Waals surface area (Å²) < 4.78 is 0.134. The van der Waals surface area contributed by atoms with Gasteiger partial charge in [0.2, 0.25) is 0 Å². The monoisotopic (exact) mass is 553 g/mol. The Morgan fingerprint density at radius 1 is 1.00 bits per heavy atom. The number of carbonyl (C=O) groups is 3. The summed E-state index contributed by atoms with van der Waals surface area (Å²) in [6, 6.07) is 20.6. The van der Waals surface area contributed by atoms with Gasteiger partial charge in [0.05, 0.1) is 26.7 Å². The molecule has 1 heterocycles. The molecule has 3 amide bonds. The van der Waals surface area contributed by atoms with Crippen molar-refractivity contribution in [3.05, 3.63) is 93.5 Å². The van der Waals surface area contributed by atoms with Crippen LogP contribution in [0, 0.1) is 11.3 Å². The average Bonchev–Trinajstić information content (AvgIpc) is 3.12. The highest BCUT2D eigenvalue weighted by Crippen LogP contribution is 2.43. The lowest BCUT2D eigenvalue weighted by Crippen LogP contribution is -2.24. The Morgan fingerprint density at radius 2 is 1.68 bits per heavy atom. The van der Waals surface area contributed by atoms with Gasteiger partial charge in [-0.3, -0.25) is 19.3 Å². The highest BCUT2D eigenvalue weighted by atomic mass is 79.9. The topological polar surface area (TPSA) is 135 Å². The maximum absolute atomic E-state index is 13.0. The second-order valence-corrected chi connectivity index (χ2v) is 8.95. The van der Waals surface area contributed by atoms with Gasteiger partial charge in [0.1, 0.15) is 17.4 Å². The number of benzene rings is 4. The maximum atomic E-state index is 13.0. The Kier molecular flexibility index (Phi) is 5.99. The number of anilines is 1. The van der Waals surface area contributed by atoms with Crippen molar-refractivity contribution in [2.45, 2.75) is 0 Å². The number of imide groups is 1. The summed E-state index contributed by atoms with van der Waals surface area (Å²) in [5, 5.41) is 33.1. The highest BCUT2D eigenvalue weighted by molar-refractivity contribution is 9.10. The first-order chi connectivity index (χ1) is 17.8. The molecule has 0 aliphatic carbocycles. The molecule has 1 aliphatic rings. The van der Waals surface area contributed by atoms with Crippen LogP contribution < -0.4 is 5.32 Å². The van der Waals surface area contributed by atoms with Gasteiger partial charge in [-0.25, -0.2) is 0 Å². The van der Waals surface area contributed by atoms with Crippen LogP contribution in [0.3, 0.4) is 0 Å². The quantitative estimate of drug-likeness (QED) is 0.233. The van der Waals surface area contributed by atoms with Crippen molar-refractivity contribution in [1.82, 2.24) is 4.90 Å². The van der Waals surface area contributed by atoms with Crippen LogP contribution in [-0.2, 0) is 0 Å². The van der Waals surface area contributed by atoms with Gasteiger partial charge in [-0.2, -0.15) is 5.26 Å². The van der Waals surface area contributed by atoms with E-state index < -0.39 is 23.5 Å². The summed E-state index contributed by atoms with van der Waals surface area (Å²) in [6.45, 7) is 0. The van der Waals surface area contributed by atoms with Gasteiger partial charge in [-0.05, 0) is 45.6 Å². The molecule has 1 aliphatic heterocycles. The molecule has 0 saturated carbocycles. The molecule has 37 heavy (non-hydrogen) atoms. The number of para-hydroxylation sites is 1. The maximum Gasteiger partial charge on any atom is 0.262 e. The van der Waals surface area contributed by atoms with Crippen LogP contribution in [0.1, 0.15) is 36.6 Å². The molecule has 9 nitrogen and oxygen atoms in total. The number of nitrogens with zero attached hydrogens (tertiary/aromatic N) is 4. The van der Waals surface area contributed by atoms with Crippen LogP contribution in [0.25, 0.3) is 10.8 Å². The molecular formula is C27H16BrN5O4. The van der Waals surface area contributed by atoms with E-state index in [0.717, 1.165) is 4.90 Å². The summed E-state index contributed by atoms with van der Waals surface area (Å²) in [7, 11) is 1.35. The van der Waals surface area contributed by atoms with E-state index in [0.29, 0.717) is 16.5 Å². The summed E-state index contributed by atoms with van der Waals surface area (Å²) in [5.41, 5.74) is 0.717. The highest BCUT2D eigenvalue weighted by Gasteiger charge is 2.37. The number of hydrogen-bond donors (Lipinski definition) is 2. The number of nitriles is 1. The Balaban J connectivity index is 1.64. The van der Waals surface area contributed by atoms with Crippen molar-refractivity contribution >= 4 is 61.5 Å². The molecule has 0 saturated heterocycles. The number of phenolic OH excluding ortho intramolecular Hbond substituents is 1. The molecule has 0 aromatic heterocycles. The Bertz CT molecular complexity index is 1710. The number of phenols is 1. The zero-order chi connectivity index (χ0) is 26.3. The minimum absolute atomic E-state index is 0.00659. The van der Waals surface area contributed by atoms with E-state index >= 15 is 0 Å². The van der Waals surface area contributed by atoms with Crippen molar-refractivity contribution in [1.29, 1.82) is 5.26 Å². The van der Waals surface area contributed by atoms with Crippen molar-refractivity contribution in [2.24, 2.45) is 10.2 Å². The van der Waals surface area contributed by atoms with Crippen molar-refractivity contribution in [2.75, 3.05) is 12.4 Å². The first-order valence-electron chi connectivity index (χ1n) is 10.9. The standard InChI is InChI=1S/C27H16BrN5O4/c1-33-26(36)18-12-15(13-29)22(21(28)20(18)27(33)37)31-32-23-17-10-6-5-7-14(17)11-19(24(23)34)25(35)30-16-8-3-2-4-9-16/h2-12,34H,1H3,(H,30,35). The first kappa shape index (κ1) is 23.8. The third-order valence-electron chi connectivity index (χ3n) is 5.94. The number of amides is 3. The Labute approximate surface area is 218 Å². The van der Waals surface area contributed by atoms with Crippen molar-refractivity contribution in [3.63, 3.8) is 0 Å². The molecule has 2 N–H and O–H groups in total. The number of carbonyl (C=O) groups excluding carboxylic acids is 3. The van der Waals surface area contributed by atoms with Gasteiger partial charge in [0.15, 0.2) is 5.75 Å². The number of halogens is 1. The van der Waals surface area contributed by atoms with E-state index in [1.54, 1.807) is 54.6 Å². The van der Waals surface area contributed by atoms with Gasteiger partial charge >= 0.3 is 0 Å². The van der Waals surface area contributed by atoms with Crippen LogP contribution in [0.15, 0.2) is 81.4 Å². The molecule has 0 spiro atoms. The molecule has 180 valence electrons. The average molecular weight is 554 g/mol. The van der Waals surface area contributed by atoms with Gasteiger partial charge in [-0.15, -0.1) is 10.2 Å². The van der Waals surface area contributed by atoms with Crippen molar-refractivity contribution < 1.29 is 19.5 Å². The van der Waals surface area contributed by atoms with Crippen LogP contribution in [0.2, 0.25) is 0 Å². The van der Waals surface area contributed by atoms with E-state index in [4.69, 9.17) is 0 Å². The van der Waals surface area contributed by atoms with Crippen molar-refractivity contribution in [3.8, 4) is 11.8 Å². The van der Waals surface area contributed by atoms with Crippen LogP contribution >= 0.6 is 15.9 Å². The molecule has 0 fully saturated rings. The molecule has 4 aromatic rings. The first-order valence-corrected chi connectivity index (χ1v) is 11.7. The number of azo groups is 1. The summed E-state index contributed by atoms with van der Waals surface area (Å²) in [4.78, 5) is 38.9. The molecule has 0 radical (unpaired) electrons. The van der Waals surface area contributed by atoms with E-state index in [-0.39, 0.29) is 38.1 Å². The summed E-state index contributed by atoms with van der Waals surface area (Å²) >= 11 is 3.30. The molecule has 10 heteroatoms. The fourth-order valence-electron chi connectivity index (χ4n) is 4.05. The fourth-order valence-corrected chi connectivity index (χ4v) is 4.73. The Morgan fingerprint density at radius 3 is 2.41 bits per heavy atom. The van der Waals surface area contributed by atoms with Crippen LogP contribution in [0.4, 0.5) is 17.1 Å². The number of hydrogen-bond acceptors (Lipinski definition) is 7. The second-order valence-electron chi connectivity index (χ2n) is 8.15. The van der Waals surface area contributed by atoms with Gasteiger partial charge < -0.3 is 10.4 Å². The van der Waals surface area contributed by atoms with Crippen LogP contribution in [0.5, 0.6) is 5.75 Å². The molecule has 4 aromatic carbocycles. The predicted molar refractivity (Wildman–Crippen MR) is 139 cm³/mol. The largest absolute Gasteiger partial charge is 0.505 e. The minimum atomic E-state index is -0.547. The van der Waals surface area contributed by atoms with Crippen LogP contribution in [-0.4, -0.2) is 34.8 Å². The lowest BCUT2D eigenvalue weighted by atomic mass is 10.0. The zero-order valence-electron chi connectivity index (χ0n) is 19.2. The molecule has 0 unspecified atom stereocenters. The predicted octanol–water partition coefficient (Wildman–Crippen LogP) is 6.07. The minimum Gasteiger partial charge on any atom is -0.505 e. The van der Waals surface area contributed by atoms with E-state index in [1.165, 1.54) is 13.1 Å². The second kappa shape index (κ2) is 9.29. The third-order valence-corrected chi connectivity index (χ3v) is 6.71. The van der Waals surface area contributed by atoms with Gasteiger partial charge in [0.25, 0.3) is 17.7 Å². The lowest BCUT2D eigenvalue weighted by molar-refractivity contribution is 0.0692. The van der Waals surface area contributed by atoms with Gasteiger partial charge in [-0.1, -0.05) is 42.5 Å². The lowest BCUT2D eigenvalue weighted by Gasteiger charge is -2.11. The summed E-state index contributed by atoms with van der Waals surface area (Å²) in [5.74, 6) is -2.02. The summed E-state index contributed by atoms with van der Waals surface area (Å²) in [6.07, 6.45) is 0. The number of nitrogens with one attached hydrogen (secondary N) is 1. The van der Waals surface area contributed by atoms with E-state index in [1.807, 2.05) is 12.1 Å². The van der Waals surface area contributed by atoms with E-state index in [2.05, 4.69) is 31.5 Å². The number of fused-ring (bicyclic) bond motifs is 2. The molecule has 5 rings (SSSR count). The van der Waals surface area contributed by atoms with Gasteiger partial charge in [0, 0.05) is 18.1 Å². The molecular weight excluding hydrogens is 538 g/mol. The Hall–Kier alpha value is -4.88. The SMILES string of the molecule is CN1C(=O)c2cc(C#N)c(N=Nc3c(O)c(C(=O)Nc4ccccc4)cc4ccccc34)c(Br)c2C1=O. The van der Waals surface area contributed by atoms with E-state index in [9.17, 15) is 24.8 Å². The third kappa shape index (κ3) is 4.01. The number of aromatic hydroxyl groups is 1. The normalized spacial score (nSPS) is 12.7. The smallest absolute Gasteiger partial charge is 0.262 e. The molecule has 0 atom stereocenters. The molecule has 0 bridgehead atoms.